The number of hydrazone groups is 1. The van der Waals surface area contributed by atoms with Gasteiger partial charge in [0.05, 0.1) is 16.9 Å². The number of carbonyl (C=O) groups excluding carboxylic acids is 1. The highest BCUT2D eigenvalue weighted by Gasteiger charge is 2.17. The number of hydrogen-bond acceptors (Lipinski definition) is 8. The highest BCUT2D eigenvalue weighted by molar-refractivity contribution is 6.17. The molecule has 0 saturated heterocycles. The van der Waals surface area contributed by atoms with Crippen molar-refractivity contribution in [2.24, 2.45) is 21.0 Å². The molecule has 0 aromatic heterocycles. The van der Waals surface area contributed by atoms with Crippen LogP contribution in [0.1, 0.15) is 26.2 Å². The van der Waals surface area contributed by atoms with E-state index >= 15 is 0 Å². The van der Waals surface area contributed by atoms with E-state index in [2.05, 4.69) is 37.9 Å². The summed E-state index contributed by atoms with van der Waals surface area (Å²) in [6, 6.07) is 4.66. The first-order chi connectivity index (χ1) is 15.9. The smallest absolute Gasteiger partial charge is 0.258 e. The average Bonchev–Trinajstić information content (AvgIpc) is 3.21. The summed E-state index contributed by atoms with van der Waals surface area (Å²) >= 11 is 0. The highest BCUT2D eigenvalue weighted by atomic mass is 19.1. The molecule has 0 saturated carbocycles. The number of nitrogen functional groups attached to an aromatic ring is 1. The molecule has 33 heavy (non-hydrogen) atoms. The van der Waals surface area contributed by atoms with E-state index in [9.17, 15) is 14.3 Å². The van der Waals surface area contributed by atoms with Crippen LogP contribution in [0.2, 0.25) is 0 Å². The van der Waals surface area contributed by atoms with E-state index < -0.39 is 5.82 Å². The lowest BCUT2D eigenvalue weighted by Crippen LogP contribution is -2.31. The first kappa shape index (κ1) is 25.7. The van der Waals surface area contributed by atoms with E-state index in [0.29, 0.717) is 30.1 Å². The van der Waals surface area contributed by atoms with Gasteiger partial charge in [0.2, 0.25) is 0 Å². The average molecular weight is 458 g/mol. The molecule has 0 aliphatic carbocycles. The Kier molecular flexibility index (Phi) is 10.8. The van der Waals surface area contributed by atoms with Gasteiger partial charge in [0, 0.05) is 38.4 Å². The fraction of sp³-hybridized carbons (Fsp3) is 0.391. The number of benzene rings is 1. The molecule has 10 heteroatoms. The van der Waals surface area contributed by atoms with Gasteiger partial charge in [0.1, 0.15) is 11.7 Å². The molecular formula is C23H32FN7O2. The van der Waals surface area contributed by atoms with Crippen LogP contribution in [0.4, 0.5) is 15.8 Å². The number of anilines is 1. The zero-order valence-electron chi connectivity index (χ0n) is 18.8. The molecular weight excluding hydrogens is 425 g/mol. The zero-order chi connectivity index (χ0) is 24.1. The number of allylic oxidation sites excluding steroid dienone is 2. The maximum Gasteiger partial charge on any atom is 0.258 e. The normalized spacial score (nSPS) is 23.0. The Morgan fingerprint density at radius 3 is 2.91 bits per heavy atom. The summed E-state index contributed by atoms with van der Waals surface area (Å²) in [4.78, 5) is 20.2. The number of para-hydroxylation sites is 1. The number of rotatable bonds is 3. The number of nitrogens with one attached hydrogen (secondary N) is 3. The molecule has 2 heterocycles. The molecule has 0 bridgehead atoms. The van der Waals surface area contributed by atoms with E-state index in [1.54, 1.807) is 30.6 Å². The van der Waals surface area contributed by atoms with Crippen LogP contribution in [-0.4, -0.2) is 55.5 Å². The Labute approximate surface area is 193 Å². The Balaban J connectivity index is 0.000000321. The van der Waals surface area contributed by atoms with E-state index in [-0.39, 0.29) is 30.2 Å². The third-order valence-corrected chi connectivity index (χ3v) is 4.98. The van der Waals surface area contributed by atoms with Crippen molar-refractivity contribution in [2.45, 2.75) is 32.2 Å². The lowest BCUT2D eigenvalue weighted by molar-refractivity contribution is -0.115. The molecule has 3 rings (SSSR count). The van der Waals surface area contributed by atoms with Gasteiger partial charge in [-0.3, -0.25) is 14.8 Å². The minimum Gasteiger partial charge on any atom is -0.396 e. The molecule has 1 aromatic rings. The molecule has 2 aliphatic heterocycles. The maximum absolute atomic E-state index is 12.6. The Hall–Kier alpha value is -3.53. The fourth-order valence-electron chi connectivity index (χ4n) is 3.03. The molecule has 2 aliphatic rings. The Morgan fingerprint density at radius 1 is 1.42 bits per heavy atom. The molecule has 1 amide bonds. The maximum atomic E-state index is 12.6. The predicted molar refractivity (Wildman–Crippen MR) is 131 cm³/mol. The monoisotopic (exact) mass is 457 g/mol. The van der Waals surface area contributed by atoms with E-state index in [0.717, 1.165) is 19.4 Å². The van der Waals surface area contributed by atoms with Crippen molar-refractivity contribution in [2.75, 3.05) is 25.4 Å². The lowest BCUT2D eigenvalue weighted by atomic mass is 10.0. The molecule has 0 radical (unpaired) electrons. The van der Waals surface area contributed by atoms with Crippen molar-refractivity contribution in [1.29, 1.82) is 0 Å². The van der Waals surface area contributed by atoms with Gasteiger partial charge in [-0.15, -0.1) is 0 Å². The number of nitrogens with zero attached hydrogens (tertiary/aromatic N) is 3. The van der Waals surface area contributed by atoms with E-state index in [1.165, 1.54) is 12.1 Å². The quantitative estimate of drug-likeness (QED) is 0.349. The molecule has 6 N–H and O–H groups in total. The number of nitrogens with two attached hydrogens (primary N) is 1. The number of amidine groups is 1. The van der Waals surface area contributed by atoms with Crippen LogP contribution >= 0.6 is 0 Å². The predicted octanol–water partition coefficient (Wildman–Crippen LogP) is 2.04. The number of aliphatic imine (C=N–C) groups is 2. The molecule has 0 fully saturated rings. The summed E-state index contributed by atoms with van der Waals surface area (Å²) in [5.41, 5.74) is 9.12. The summed E-state index contributed by atoms with van der Waals surface area (Å²) in [7, 11) is 0. The van der Waals surface area contributed by atoms with Crippen molar-refractivity contribution >= 4 is 36.0 Å². The number of carbonyl (C=O) groups is 1. The van der Waals surface area contributed by atoms with E-state index in [4.69, 9.17) is 5.73 Å². The molecule has 1 aromatic carbocycles. The Bertz CT molecular complexity index is 927. The van der Waals surface area contributed by atoms with Gasteiger partial charge in [-0.25, -0.2) is 4.39 Å². The van der Waals surface area contributed by atoms with Gasteiger partial charge >= 0.3 is 0 Å². The highest BCUT2D eigenvalue weighted by Crippen LogP contribution is 2.22. The number of halogens is 1. The first-order valence-electron chi connectivity index (χ1n) is 10.8. The van der Waals surface area contributed by atoms with Crippen molar-refractivity contribution in [3.63, 3.8) is 0 Å². The summed E-state index contributed by atoms with van der Waals surface area (Å²) in [5.74, 6) is 0.202. The van der Waals surface area contributed by atoms with Crippen LogP contribution in [0.3, 0.4) is 0 Å². The molecule has 2 unspecified atom stereocenters. The lowest BCUT2D eigenvalue weighted by Gasteiger charge is -2.13. The minimum absolute atomic E-state index is 0.0532. The van der Waals surface area contributed by atoms with Crippen LogP contribution in [0, 0.1) is 11.7 Å². The third kappa shape index (κ3) is 8.85. The summed E-state index contributed by atoms with van der Waals surface area (Å²) in [6.07, 6.45) is 9.30. The number of amides is 1. The largest absolute Gasteiger partial charge is 0.396 e. The number of hydrogen-bond donors (Lipinski definition) is 5. The zero-order valence-corrected chi connectivity index (χ0v) is 18.8. The van der Waals surface area contributed by atoms with Crippen LogP contribution in [0.25, 0.3) is 0 Å². The minimum atomic E-state index is -0.454. The van der Waals surface area contributed by atoms with Crippen LogP contribution < -0.4 is 21.8 Å². The fourth-order valence-corrected chi connectivity index (χ4v) is 3.03. The second-order valence-corrected chi connectivity index (χ2v) is 7.67. The van der Waals surface area contributed by atoms with Crippen molar-refractivity contribution in [3.8, 4) is 0 Å². The summed E-state index contributed by atoms with van der Waals surface area (Å²) < 4.78 is 12.6. The van der Waals surface area contributed by atoms with Gasteiger partial charge in [-0.1, -0.05) is 6.07 Å². The standard InChI is InChI=1S/C16H25N5O2.C7H7FN2/c1-12-9-15(21-20-12)19-16(23)14-3-2-6-17-7-4-13(11-22)5-8-18-10-14;1-10-6-4-2-3-5(8)7(6)9/h2-3,6,10,12-13,17,20,22H,4-5,7-9,11H2,1H3,(H,19,21,23);2-4H,1,9H2/b6-2+,14-3+,18-10?;. The van der Waals surface area contributed by atoms with Gasteiger partial charge in [-0.05, 0) is 62.9 Å². The summed E-state index contributed by atoms with van der Waals surface area (Å²) in [5, 5.41) is 19.4. The van der Waals surface area contributed by atoms with Crippen molar-refractivity contribution in [3.05, 3.63) is 47.9 Å². The molecule has 9 nitrogen and oxygen atoms in total. The number of aliphatic hydroxyl groups is 1. The van der Waals surface area contributed by atoms with Gasteiger partial charge < -0.3 is 26.9 Å². The molecule has 178 valence electrons. The molecule has 0 spiro atoms. The topological polar surface area (TPSA) is 136 Å². The summed E-state index contributed by atoms with van der Waals surface area (Å²) in [6.45, 7) is 6.79. The van der Waals surface area contributed by atoms with Crippen LogP contribution in [-0.2, 0) is 4.79 Å². The third-order valence-electron chi connectivity index (χ3n) is 4.98. The second-order valence-electron chi connectivity index (χ2n) is 7.67. The van der Waals surface area contributed by atoms with Crippen LogP contribution in [0.15, 0.2) is 57.2 Å². The van der Waals surface area contributed by atoms with Gasteiger partial charge in [0.25, 0.3) is 5.91 Å². The molecule has 2 atom stereocenters. The SMILES string of the molecule is C=Nc1cccc(F)c1N.CC1CC(NC(=O)/C2=C/C=C/NCCC(CO)CCN=C2)=NN1. The number of aliphatic hydroxyl groups excluding tert-OH is 1. The van der Waals surface area contributed by atoms with Gasteiger partial charge in [-0.2, -0.15) is 5.10 Å². The van der Waals surface area contributed by atoms with Crippen molar-refractivity contribution in [1.82, 2.24) is 16.1 Å². The van der Waals surface area contributed by atoms with Gasteiger partial charge in [0.15, 0.2) is 0 Å². The Morgan fingerprint density at radius 2 is 2.24 bits per heavy atom. The first-order valence-corrected chi connectivity index (χ1v) is 10.8. The van der Waals surface area contributed by atoms with Crippen LogP contribution in [0.5, 0.6) is 0 Å². The van der Waals surface area contributed by atoms with Crippen molar-refractivity contribution < 1.29 is 14.3 Å². The second kappa shape index (κ2) is 13.8. The van der Waals surface area contributed by atoms with E-state index in [1.807, 2.05) is 6.92 Å².